The molecule has 1 saturated heterocycles. The number of Topliss-reactive ketones (excluding diaryl/α,β-unsaturated/α-hetero) is 2. The van der Waals surface area contributed by atoms with E-state index >= 15 is 0 Å². The van der Waals surface area contributed by atoms with Crippen molar-refractivity contribution in [3.8, 4) is 0 Å². The van der Waals surface area contributed by atoms with Crippen LogP contribution in [0.1, 0.15) is 77.2 Å². The SMILES string of the molecule is CC(=O)C1(CCCCC(CC(=O)C(N)C(C)C)c2ccccc2)CCCN1. The summed E-state index contributed by atoms with van der Waals surface area (Å²) in [6.07, 6.45) is 6.39. The van der Waals surface area contributed by atoms with Gasteiger partial charge in [0, 0.05) is 6.42 Å². The second-order valence-corrected chi connectivity index (χ2v) is 8.46. The van der Waals surface area contributed by atoms with Gasteiger partial charge >= 0.3 is 0 Å². The Morgan fingerprint density at radius 3 is 2.44 bits per heavy atom. The van der Waals surface area contributed by atoms with Gasteiger partial charge in [0.25, 0.3) is 0 Å². The Morgan fingerprint density at radius 2 is 1.89 bits per heavy atom. The number of hydrogen-bond donors (Lipinski definition) is 2. The Bertz CT molecular complexity index is 606. The molecule has 1 aliphatic rings. The molecule has 0 saturated carbocycles. The molecule has 0 amide bonds. The monoisotopic (exact) mass is 372 g/mol. The van der Waals surface area contributed by atoms with Crippen LogP contribution in [0.25, 0.3) is 0 Å². The minimum Gasteiger partial charge on any atom is -0.321 e. The molecular formula is C23H36N2O2. The first-order chi connectivity index (χ1) is 12.9. The first-order valence-electron chi connectivity index (χ1n) is 10.4. The van der Waals surface area contributed by atoms with Crippen molar-refractivity contribution in [1.82, 2.24) is 5.32 Å². The number of unbranched alkanes of at least 4 members (excludes halogenated alkanes) is 1. The lowest BCUT2D eigenvalue weighted by Gasteiger charge is -2.27. The molecule has 0 aromatic heterocycles. The third kappa shape index (κ3) is 5.98. The van der Waals surface area contributed by atoms with Gasteiger partial charge in [0.2, 0.25) is 0 Å². The Labute approximate surface area is 164 Å². The lowest BCUT2D eigenvalue weighted by atomic mass is 9.83. The average Bonchev–Trinajstić information content (AvgIpc) is 3.14. The zero-order chi connectivity index (χ0) is 19.9. The van der Waals surface area contributed by atoms with Crippen molar-refractivity contribution in [2.24, 2.45) is 11.7 Å². The molecule has 2 rings (SSSR count). The number of rotatable bonds is 11. The summed E-state index contributed by atoms with van der Waals surface area (Å²) in [6.45, 7) is 6.64. The Hall–Kier alpha value is -1.52. The maximum Gasteiger partial charge on any atom is 0.150 e. The summed E-state index contributed by atoms with van der Waals surface area (Å²) in [5.41, 5.74) is 6.98. The summed E-state index contributed by atoms with van der Waals surface area (Å²) in [4.78, 5) is 24.7. The maximum atomic E-state index is 12.6. The molecule has 4 heteroatoms. The summed E-state index contributed by atoms with van der Waals surface area (Å²) >= 11 is 0. The van der Waals surface area contributed by atoms with Crippen molar-refractivity contribution in [3.63, 3.8) is 0 Å². The topological polar surface area (TPSA) is 72.2 Å². The third-order valence-corrected chi connectivity index (χ3v) is 6.13. The minimum absolute atomic E-state index is 0.150. The normalized spacial score (nSPS) is 22.0. The summed E-state index contributed by atoms with van der Waals surface area (Å²) in [7, 11) is 0. The van der Waals surface area contributed by atoms with E-state index in [1.165, 1.54) is 5.56 Å². The highest BCUT2D eigenvalue weighted by Gasteiger charge is 2.37. The predicted molar refractivity (Wildman–Crippen MR) is 111 cm³/mol. The molecule has 3 N–H and O–H groups in total. The Balaban J connectivity index is 1.94. The van der Waals surface area contributed by atoms with Gasteiger partial charge in [0.15, 0.2) is 0 Å². The van der Waals surface area contributed by atoms with Crippen LogP contribution < -0.4 is 11.1 Å². The number of hydrogen-bond acceptors (Lipinski definition) is 4. The number of carbonyl (C=O) groups is 2. The van der Waals surface area contributed by atoms with E-state index < -0.39 is 0 Å². The number of benzene rings is 1. The van der Waals surface area contributed by atoms with E-state index in [4.69, 9.17) is 5.73 Å². The van der Waals surface area contributed by atoms with Crippen LogP contribution in [0, 0.1) is 5.92 Å². The van der Waals surface area contributed by atoms with E-state index in [1.54, 1.807) is 6.92 Å². The van der Waals surface area contributed by atoms with Gasteiger partial charge in [-0.2, -0.15) is 0 Å². The van der Waals surface area contributed by atoms with Crippen LogP contribution in [0.4, 0.5) is 0 Å². The van der Waals surface area contributed by atoms with Crippen molar-refractivity contribution >= 4 is 11.6 Å². The number of ketones is 2. The molecule has 1 aromatic carbocycles. The fourth-order valence-corrected chi connectivity index (χ4v) is 4.18. The Kier molecular flexibility index (Phi) is 8.18. The fraction of sp³-hybridized carbons (Fsp3) is 0.652. The molecule has 1 aromatic rings. The van der Waals surface area contributed by atoms with Crippen molar-refractivity contribution in [2.45, 2.75) is 83.2 Å². The quantitative estimate of drug-likeness (QED) is 0.576. The lowest BCUT2D eigenvalue weighted by molar-refractivity contribution is -0.123. The molecule has 150 valence electrons. The Morgan fingerprint density at radius 1 is 1.19 bits per heavy atom. The molecule has 3 unspecified atom stereocenters. The van der Waals surface area contributed by atoms with Crippen molar-refractivity contribution in [2.75, 3.05) is 6.54 Å². The van der Waals surface area contributed by atoms with Crippen LogP contribution >= 0.6 is 0 Å². The average molecular weight is 373 g/mol. The summed E-state index contributed by atoms with van der Waals surface area (Å²) in [5, 5.41) is 3.43. The molecule has 3 atom stereocenters. The van der Waals surface area contributed by atoms with E-state index in [1.807, 2.05) is 32.0 Å². The fourth-order valence-electron chi connectivity index (χ4n) is 4.18. The standard InChI is InChI=1S/C23H36N2O2/c1-17(2)22(24)21(27)16-20(19-10-5-4-6-11-19)12-7-8-13-23(18(3)26)14-9-15-25-23/h4-6,10-11,17,20,22,25H,7-9,12-16,24H2,1-3H3. The molecular weight excluding hydrogens is 336 g/mol. The maximum absolute atomic E-state index is 12.6. The zero-order valence-electron chi connectivity index (χ0n) is 17.2. The van der Waals surface area contributed by atoms with E-state index in [0.29, 0.717) is 6.42 Å². The molecule has 1 heterocycles. The van der Waals surface area contributed by atoms with Gasteiger partial charge in [0.05, 0.1) is 11.6 Å². The van der Waals surface area contributed by atoms with E-state index in [9.17, 15) is 9.59 Å². The molecule has 0 aliphatic carbocycles. The second-order valence-electron chi connectivity index (χ2n) is 8.46. The van der Waals surface area contributed by atoms with Gasteiger partial charge in [-0.1, -0.05) is 57.0 Å². The van der Waals surface area contributed by atoms with Gasteiger partial charge in [-0.05, 0) is 56.6 Å². The number of nitrogens with two attached hydrogens (primary N) is 1. The second kappa shape index (κ2) is 10.1. The van der Waals surface area contributed by atoms with Gasteiger partial charge in [-0.3, -0.25) is 9.59 Å². The van der Waals surface area contributed by atoms with Gasteiger partial charge in [-0.15, -0.1) is 0 Å². The molecule has 1 aliphatic heterocycles. The van der Waals surface area contributed by atoms with Crippen molar-refractivity contribution in [3.05, 3.63) is 35.9 Å². The van der Waals surface area contributed by atoms with Crippen LogP contribution in [-0.4, -0.2) is 29.7 Å². The van der Waals surface area contributed by atoms with E-state index in [0.717, 1.165) is 45.1 Å². The highest BCUT2D eigenvalue weighted by atomic mass is 16.1. The van der Waals surface area contributed by atoms with Crippen molar-refractivity contribution < 1.29 is 9.59 Å². The first kappa shape index (κ1) is 21.8. The van der Waals surface area contributed by atoms with Gasteiger partial charge in [-0.25, -0.2) is 0 Å². The number of nitrogens with one attached hydrogen (secondary N) is 1. The predicted octanol–water partition coefficient (Wildman–Crippen LogP) is 3.98. The molecule has 27 heavy (non-hydrogen) atoms. The van der Waals surface area contributed by atoms with Crippen LogP contribution in [0.2, 0.25) is 0 Å². The zero-order valence-corrected chi connectivity index (χ0v) is 17.2. The van der Waals surface area contributed by atoms with Crippen LogP contribution in [0.15, 0.2) is 30.3 Å². The van der Waals surface area contributed by atoms with Crippen molar-refractivity contribution in [1.29, 1.82) is 0 Å². The van der Waals surface area contributed by atoms with Gasteiger partial charge in [0.1, 0.15) is 11.6 Å². The molecule has 0 spiro atoms. The molecule has 0 bridgehead atoms. The van der Waals surface area contributed by atoms with E-state index in [2.05, 4.69) is 17.4 Å². The third-order valence-electron chi connectivity index (χ3n) is 6.13. The molecule has 0 radical (unpaired) electrons. The summed E-state index contributed by atoms with van der Waals surface area (Å²) in [6, 6.07) is 9.89. The van der Waals surface area contributed by atoms with Gasteiger partial charge < -0.3 is 11.1 Å². The van der Waals surface area contributed by atoms with Crippen LogP contribution in [-0.2, 0) is 9.59 Å². The largest absolute Gasteiger partial charge is 0.321 e. The smallest absolute Gasteiger partial charge is 0.150 e. The summed E-state index contributed by atoms with van der Waals surface area (Å²) < 4.78 is 0. The molecule has 4 nitrogen and oxygen atoms in total. The highest BCUT2D eigenvalue weighted by Crippen LogP contribution is 2.30. The van der Waals surface area contributed by atoms with Crippen LogP contribution in [0.5, 0.6) is 0 Å². The first-order valence-corrected chi connectivity index (χ1v) is 10.4. The van der Waals surface area contributed by atoms with Crippen LogP contribution in [0.3, 0.4) is 0 Å². The summed E-state index contributed by atoms with van der Waals surface area (Å²) in [5.74, 6) is 0.778. The number of carbonyl (C=O) groups excluding carboxylic acids is 2. The minimum atomic E-state index is -0.389. The molecule has 1 fully saturated rings. The highest BCUT2D eigenvalue weighted by molar-refractivity contribution is 5.86. The lowest BCUT2D eigenvalue weighted by Crippen LogP contribution is -2.46. The van der Waals surface area contributed by atoms with E-state index in [-0.39, 0.29) is 35.0 Å².